The highest BCUT2D eigenvalue weighted by molar-refractivity contribution is 4.97. The smallest absolute Gasteiger partial charge is 0.0962 e. The maximum absolute atomic E-state index is 8.79. The van der Waals surface area contributed by atoms with Gasteiger partial charge in [0.05, 0.1) is 6.73 Å². The summed E-state index contributed by atoms with van der Waals surface area (Å²) >= 11 is 0. The molecule has 0 amide bonds. The molecule has 3 saturated heterocycles. The molecular formula is C6H12N2O. The molecule has 0 aromatic heterocycles. The second-order valence-electron chi connectivity index (χ2n) is 2.86. The molecule has 3 aliphatic heterocycles. The largest absolute Gasteiger partial charge is 0.381 e. The molecule has 0 aromatic rings. The summed E-state index contributed by atoms with van der Waals surface area (Å²) in [6.07, 6.45) is 1.29. The standard InChI is InChI=1S/C6H12N2O/c9-4-8-5-1-6(8)3-7-2-5/h5-7,9H,1-4H2. The minimum Gasteiger partial charge on any atom is -0.381 e. The predicted octanol–water partition coefficient (Wildman–Crippen LogP) is -1.02. The molecule has 2 N–H and O–H groups in total. The van der Waals surface area contributed by atoms with Crippen molar-refractivity contribution in [3.63, 3.8) is 0 Å². The minimum absolute atomic E-state index is 0.247. The molecule has 0 aromatic carbocycles. The van der Waals surface area contributed by atoms with Gasteiger partial charge in [-0.05, 0) is 6.42 Å². The average molecular weight is 128 g/mol. The number of nitrogens with zero attached hydrogens (tertiary/aromatic N) is 1. The molecule has 3 aliphatic rings. The Morgan fingerprint density at radius 1 is 1.44 bits per heavy atom. The Morgan fingerprint density at radius 3 is 2.44 bits per heavy atom. The van der Waals surface area contributed by atoms with E-state index in [0.717, 1.165) is 13.1 Å². The molecule has 0 spiro atoms. The van der Waals surface area contributed by atoms with Crippen molar-refractivity contribution in [2.24, 2.45) is 0 Å². The molecule has 0 saturated carbocycles. The van der Waals surface area contributed by atoms with Crippen molar-refractivity contribution in [2.45, 2.75) is 18.5 Å². The van der Waals surface area contributed by atoms with Crippen molar-refractivity contribution in [1.29, 1.82) is 0 Å². The molecule has 3 fully saturated rings. The first-order valence-electron chi connectivity index (χ1n) is 3.49. The van der Waals surface area contributed by atoms with E-state index in [1.165, 1.54) is 6.42 Å². The topological polar surface area (TPSA) is 35.5 Å². The van der Waals surface area contributed by atoms with Crippen molar-refractivity contribution in [3.8, 4) is 0 Å². The van der Waals surface area contributed by atoms with Crippen LogP contribution in [0.1, 0.15) is 6.42 Å². The van der Waals surface area contributed by atoms with Crippen molar-refractivity contribution >= 4 is 0 Å². The third kappa shape index (κ3) is 0.689. The van der Waals surface area contributed by atoms with E-state index in [1.54, 1.807) is 0 Å². The Labute approximate surface area is 54.7 Å². The van der Waals surface area contributed by atoms with Crippen LogP contribution in [0, 0.1) is 0 Å². The summed E-state index contributed by atoms with van der Waals surface area (Å²) < 4.78 is 0. The zero-order valence-corrected chi connectivity index (χ0v) is 5.38. The van der Waals surface area contributed by atoms with Gasteiger partial charge in [0.25, 0.3) is 0 Å². The van der Waals surface area contributed by atoms with Crippen molar-refractivity contribution < 1.29 is 5.11 Å². The molecule has 3 heteroatoms. The van der Waals surface area contributed by atoms with Crippen LogP contribution in [-0.2, 0) is 0 Å². The SMILES string of the molecule is OCN1C2CNCC1C2. The second kappa shape index (κ2) is 1.94. The third-order valence-corrected chi connectivity index (χ3v) is 2.41. The number of hydrogen-bond donors (Lipinski definition) is 2. The van der Waals surface area contributed by atoms with Gasteiger partial charge >= 0.3 is 0 Å². The Kier molecular flexibility index (Phi) is 1.22. The molecule has 52 valence electrons. The summed E-state index contributed by atoms with van der Waals surface area (Å²) in [7, 11) is 0. The van der Waals surface area contributed by atoms with E-state index >= 15 is 0 Å². The first kappa shape index (κ1) is 5.65. The first-order chi connectivity index (χ1) is 4.42. The van der Waals surface area contributed by atoms with E-state index in [-0.39, 0.29) is 6.73 Å². The molecule has 2 unspecified atom stereocenters. The van der Waals surface area contributed by atoms with Gasteiger partial charge in [-0.15, -0.1) is 0 Å². The highest BCUT2D eigenvalue weighted by Crippen LogP contribution is 2.26. The number of aliphatic hydroxyl groups excluding tert-OH is 1. The Hall–Kier alpha value is -0.120. The van der Waals surface area contributed by atoms with Crippen LogP contribution in [0.4, 0.5) is 0 Å². The van der Waals surface area contributed by atoms with E-state index in [1.807, 2.05) is 0 Å². The van der Waals surface area contributed by atoms with Gasteiger partial charge in [0.15, 0.2) is 0 Å². The fourth-order valence-electron chi connectivity index (χ4n) is 1.79. The molecule has 3 heterocycles. The fraction of sp³-hybridized carbons (Fsp3) is 1.00. The van der Waals surface area contributed by atoms with Crippen LogP contribution < -0.4 is 5.32 Å². The van der Waals surface area contributed by atoms with Crippen LogP contribution >= 0.6 is 0 Å². The summed E-state index contributed by atoms with van der Waals surface area (Å²) in [5.74, 6) is 0. The number of hydrogen-bond acceptors (Lipinski definition) is 3. The van der Waals surface area contributed by atoms with Gasteiger partial charge in [0, 0.05) is 25.2 Å². The lowest BCUT2D eigenvalue weighted by molar-refractivity contribution is -0.0704. The molecule has 3 rings (SSSR count). The summed E-state index contributed by atoms with van der Waals surface area (Å²) in [5.41, 5.74) is 0. The lowest BCUT2D eigenvalue weighted by atomic mass is 9.90. The van der Waals surface area contributed by atoms with Gasteiger partial charge in [-0.1, -0.05) is 0 Å². The summed E-state index contributed by atoms with van der Waals surface area (Å²) in [4.78, 5) is 2.15. The first-order valence-corrected chi connectivity index (χ1v) is 3.49. The molecule has 3 nitrogen and oxygen atoms in total. The van der Waals surface area contributed by atoms with Crippen molar-refractivity contribution in [3.05, 3.63) is 0 Å². The minimum atomic E-state index is 0.247. The highest BCUT2D eigenvalue weighted by atomic mass is 16.3. The predicted molar refractivity (Wildman–Crippen MR) is 34.0 cm³/mol. The maximum atomic E-state index is 8.79. The van der Waals surface area contributed by atoms with Gasteiger partial charge in [0.2, 0.25) is 0 Å². The highest BCUT2D eigenvalue weighted by Gasteiger charge is 2.40. The number of rotatable bonds is 1. The number of nitrogens with one attached hydrogen (secondary N) is 1. The van der Waals surface area contributed by atoms with E-state index < -0.39 is 0 Å². The molecule has 9 heavy (non-hydrogen) atoms. The number of aliphatic hydroxyl groups is 1. The number of fused-ring (bicyclic) bond motifs is 2. The zero-order chi connectivity index (χ0) is 6.27. The van der Waals surface area contributed by atoms with E-state index in [9.17, 15) is 0 Å². The second-order valence-corrected chi connectivity index (χ2v) is 2.86. The summed E-state index contributed by atoms with van der Waals surface area (Å²) in [6, 6.07) is 1.27. The van der Waals surface area contributed by atoms with Crippen LogP contribution in [0.5, 0.6) is 0 Å². The van der Waals surface area contributed by atoms with E-state index in [4.69, 9.17) is 5.11 Å². The summed E-state index contributed by atoms with van der Waals surface area (Å²) in [6.45, 7) is 2.38. The van der Waals surface area contributed by atoms with Gasteiger partial charge in [0.1, 0.15) is 0 Å². The van der Waals surface area contributed by atoms with Crippen LogP contribution in [0.3, 0.4) is 0 Å². The van der Waals surface area contributed by atoms with Gasteiger partial charge in [-0.2, -0.15) is 0 Å². The molecular weight excluding hydrogens is 116 g/mol. The van der Waals surface area contributed by atoms with Crippen LogP contribution in [0.15, 0.2) is 0 Å². The van der Waals surface area contributed by atoms with Gasteiger partial charge < -0.3 is 10.4 Å². The number of piperazine rings is 1. The molecule has 0 radical (unpaired) electrons. The molecule has 2 bridgehead atoms. The lowest BCUT2D eigenvalue weighted by Gasteiger charge is -2.52. The summed E-state index contributed by atoms with van der Waals surface area (Å²) in [5, 5.41) is 12.1. The number of piperidine rings is 1. The van der Waals surface area contributed by atoms with E-state index in [2.05, 4.69) is 10.2 Å². The van der Waals surface area contributed by atoms with Gasteiger partial charge in [-0.25, -0.2) is 0 Å². The quantitative estimate of drug-likeness (QED) is 0.474. The van der Waals surface area contributed by atoms with Crippen LogP contribution in [-0.4, -0.2) is 41.9 Å². The Balaban J connectivity index is 1.97. The third-order valence-electron chi connectivity index (χ3n) is 2.41. The van der Waals surface area contributed by atoms with Crippen molar-refractivity contribution in [1.82, 2.24) is 10.2 Å². The van der Waals surface area contributed by atoms with Crippen LogP contribution in [0.2, 0.25) is 0 Å². The molecule has 2 atom stereocenters. The van der Waals surface area contributed by atoms with E-state index in [0.29, 0.717) is 12.1 Å². The fourth-order valence-corrected chi connectivity index (χ4v) is 1.79. The van der Waals surface area contributed by atoms with Gasteiger partial charge in [-0.3, -0.25) is 4.90 Å². The zero-order valence-electron chi connectivity index (χ0n) is 5.38. The van der Waals surface area contributed by atoms with Crippen LogP contribution in [0.25, 0.3) is 0 Å². The average Bonchev–Trinajstić information content (AvgIpc) is 1.90. The molecule has 0 aliphatic carbocycles. The Bertz CT molecular complexity index is 104. The monoisotopic (exact) mass is 128 g/mol. The van der Waals surface area contributed by atoms with Crippen molar-refractivity contribution in [2.75, 3.05) is 19.8 Å². The maximum Gasteiger partial charge on any atom is 0.0962 e. The Morgan fingerprint density at radius 2 is 2.11 bits per heavy atom. The normalized spacial score (nSPS) is 42.3. The lowest BCUT2D eigenvalue weighted by Crippen LogP contribution is -2.67.